The predicted octanol–water partition coefficient (Wildman–Crippen LogP) is 4.75. The Hall–Kier alpha value is -3.01. The van der Waals surface area contributed by atoms with Gasteiger partial charge in [-0.1, -0.05) is 43.3 Å². The summed E-state index contributed by atoms with van der Waals surface area (Å²) in [5.74, 6) is -0.579. The Bertz CT molecular complexity index is 1270. The average Bonchev–Trinajstić information content (AvgIpc) is 3.53. The predicted molar refractivity (Wildman–Crippen MR) is 165 cm³/mol. The van der Waals surface area contributed by atoms with E-state index in [1.165, 1.54) is 6.07 Å². The van der Waals surface area contributed by atoms with Gasteiger partial charge in [-0.25, -0.2) is 9.18 Å². The number of piperidine rings is 2. The van der Waals surface area contributed by atoms with Gasteiger partial charge in [0.05, 0.1) is 11.6 Å². The van der Waals surface area contributed by atoms with E-state index in [2.05, 4.69) is 22.5 Å². The number of aliphatic hydroxyl groups is 1. The molecule has 2 amide bonds. The van der Waals surface area contributed by atoms with Crippen molar-refractivity contribution in [3.05, 3.63) is 59.4 Å². The number of carboxylic acid groups (broad SMARTS) is 1. The summed E-state index contributed by atoms with van der Waals surface area (Å²) >= 11 is 0. The van der Waals surface area contributed by atoms with Gasteiger partial charge in [-0.3, -0.25) is 9.69 Å². The van der Waals surface area contributed by atoms with Crippen molar-refractivity contribution < 1.29 is 24.2 Å². The number of nitrogens with one attached hydrogen (secondary N) is 2. The van der Waals surface area contributed by atoms with E-state index in [0.29, 0.717) is 48.7 Å². The van der Waals surface area contributed by atoms with Crippen molar-refractivity contribution in [2.45, 2.75) is 82.4 Å². The van der Waals surface area contributed by atoms with Crippen molar-refractivity contribution in [1.29, 1.82) is 0 Å². The van der Waals surface area contributed by atoms with E-state index >= 15 is 4.39 Å². The number of carbonyl (C=O) groups is 2. The molecule has 234 valence electrons. The van der Waals surface area contributed by atoms with Crippen LogP contribution in [-0.4, -0.2) is 83.4 Å². The second-order valence-electron chi connectivity index (χ2n) is 12.5. The largest absolute Gasteiger partial charge is 0.465 e. The van der Waals surface area contributed by atoms with Crippen LogP contribution in [0.5, 0.6) is 0 Å². The van der Waals surface area contributed by atoms with E-state index in [-0.39, 0.29) is 30.8 Å². The fourth-order valence-corrected chi connectivity index (χ4v) is 7.64. The number of likely N-dealkylation sites (tertiary alicyclic amines) is 2. The first-order chi connectivity index (χ1) is 20.8. The number of benzene rings is 2. The third-order valence-electron chi connectivity index (χ3n) is 9.88. The number of aryl methyl sites for hydroxylation is 1. The Kier molecular flexibility index (Phi) is 10.4. The van der Waals surface area contributed by atoms with Gasteiger partial charge in [0.15, 0.2) is 0 Å². The van der Waals surface area contributed by atoms with Crippen molar-refractivity contribution in [3.8, 4) is 11.1 Å². The van der Waals surface area contributed by atoms with Gasteiger partial charge in [0.1, 0.15) is 5.82 Å². The lowest BCUT2D eigenvalue weighted by molar-refractivity contribution is -0.142. The first-order valence-electron chi connectivity index (χ1n) is 16.1. The summed E-state index contributed by atoms with van der Waals surface area (Å²) in [7, 11) is 0. The van der Waals surface area contributed by atoms with Crippen molar-refractivity contribution >= 4 is 12.0 Å². The number of rotatable bonds is 10. The molecule has 2 aromatic carbocycles. The molecule has 0 unspecified atom stereocenters. The molecule has 3 fully saturated rings. The summed E-state index contributed by atoms with van der Waals surface area (Å²) in [4.78, 5) is 29.6. The fraction of sp³-hybridized carbons (Fsp3) is 0.588. The van der Waals surface area contributed by atoms with E-state index in [1.807, 2.05) is 29.2 Å². The molecule has 5 rings (SSSR count). The SMILES string of the molecule is CCc1cccc(-c2c(F)cccc2[C@](O)(CCCNC(=O)O)[C@@H]2CCCN(C(=O)[C@@H]3CCCN3C3CCNCC3)C2)c1. The third kappa shape index (κ3) is 7.05. The molecule has 0 aliphatic carbocycles. The van der Waals surface area contributed by atoms with Crippen LogP contribution in [0.1, 0.15) is 69.4 Å². The molecule has 4 N–H and O–H groups in total. The molecule has 3 aliphatic heterocycles. The topological polar surface area (TPSA) is 105 Å². The van der Waals surface area contributed by atoms with E-state index in [1.54, 1.807) is 12.1 Å². The highest BCUT2D eigenvalue weighted by atomic mass is 19.1. The van der Waals surface area contributed by atoms with Crippen LogP contribution in [0.4, 0.5) is 9.18 Å². The second kappa shape index (κ2) is 14.2. The molecular formula is C34H47FN4O4. The number of hydrogen-bond donors (Lipinski definition) is 4. The molecule has 0 bridgehead atoms. The van der Waals surface area contributed by atoms with Crippen LogP contribution in [0.2, 0.25) is 0 Å². The van der Waals surface area contributed by atoms with Crippen molar-refractivity contribution in [1.82, 2.24) is 20.4 Å². The van der Waals surface area contributed by atoms with Crippen LogP contribution in [0.25, 0.3) is 11.1 Å². The Morgan fingerprint density at radius 1 is 1.07 bits per heavy atom. The summed E-state index contributed by atoms with van der Waals surface area (Å²) in [5, 5.41) is 27.6. The number of amides is 2. The maximum atomic E-state index is 15.7. The van der Waals surface area contributed by atoms with Crippen LogP contribution in [-0.2, 0) is 16.8 Å². The zero-order valence-corrected chi connectivity index (χ0v) is 25.4. The van der Waals surface area contributed by atoms with E-state index < -0.39 is 17.5 Å². The van der Waals surface area contributed by atoms with Crippen LogP contribution in [0, 0.1) is 11.7 Å². The molecule has 3 saturated heterocycles. The van der Waals surface area contributed by atoms with Gasteiger partial charge >= 0.3 is 6.09 Å². The first kappa shape index (κ1) is 31.4. The Balaban J connectivity index is 1.45. The van der Waals surface area contributed by atoms with Crippen LogP contribution >= 0.6 is 0 Å². The second-order valence-corrected chi connectivity index (χ2v) is 12.5. The van der Waals surface area contributed by atoms with Gasteiger partial charge in [0.25, 0.3) is 0 Å². The summed E-state index contributed by atoms with van der Waals surface area (Å²) in [6, 6.07) is 12.9. The smallest absolute Gasteiger partial charge is 0.404 e. The monoisotopic (exact) mass is 594 g/mol. The van der Waals surface area contributed by atoms with Crippen LogP contribution < -0.4 is 10.6 Å². The minimum Gasteiger partial charge on any atom is -0.465 e. The fourth-order valence-electron chi connectivity index (χ4n) is 7.64. The standard InChI is InChI=1S/C34H47FN4O4/c1-2-24-8-3-9-25(22-24)31-28(11-4-12-29(31)35)34(43,16-7-17-37-33(41)42)26-10-5-20-38(23-26)32(40)30-13-6-21-39(30)27-14-18-36-19-15-27/h3-4,8-9,11-12,22,26-27,30,36-37,43H,2,5-7,10,13-21,23H2,1H3,(H,41,42)/t26-,30+,34+/m1/s1. The van der Waals surface area contributed by atoms with E-state index in [4.69, 9.17) is 5.11 Å². The van der Waals surface area contributed by atoms with Gasteiger partial charge in [-0.15, -0.1) is 0 Å². The zero-order chi connectivity index (χ0) is 30.4. The lowest BCUT2D eigenvalue weighted by Crippen LogP contribution is -2.55. The zero-order valence-electron chi connectivity index (χ0n) is 25.4. The molecule has 9 heteroatoms. The highest BCUT2D eigenvalue weighted by Gasteiger charge is 2.45. The lowest BCUT2D eigenvalue weighted by Gasteiger charge is -2.45. The molecule has 0 radical (unpaired) electrons. The van der Waals surface area contributed by atoms with E-state index in [0.717, 1.165) is 63.7 Å². The minimum absolute atomic E-state index is 0.128. The van der Waals surface area contributed by atoms with Crippen molar-refractivity contribution in [2.24, 2.45) is 5.92 Å². The summed E-state index contributed by atoms with van der Waals surface area (Å²) < 4.78 is 15.7. The average molecular weight is 595 g/mol. The Labute approximate surface area is 254 Å². The highest BCUT2D eigenvalue weighted by Crippen LogP contribution is 2.44. The number of hydrogen-bond acceptors (Lipinski definition) is 5. The van der Waals surface area contributed by atoms with Gasteiger partial charge < -0.3 is 25.7 Å². The molecule has 3 heterocycles. The Morgan fingerprint density at radius 3 is 2.60 bits per heavy atom. The van der Waals surface area contributed by atoms with Crippen molar-refractivity contribution in [2.75, 3.05) is 39.3 Å². The molecule has 2 aromatic rings. The van der Waals surface area contributed by atoms with Gasteiger partial charge in [-0.05, 0) is 100 Å². The van der Waals surface area contributed by atoms with E-state index in [9.17, 15) is 14.7 Å². The maximum absolute atomic E-state index is 15.7. The van der Waals surface area contributed by atoms with Gasteiger partial charge in [-0.2, -0.15) is 0 Å². The summed E-state index contributed by atoms with van der Waals surface area (Å²) in [6.07, 6.45) is 5.74. The number of carbonyl (C=O) groups excluding carboxylic acids is 1. The maximum Gasteiger partial charge on any atom is 0.404 e. The first-order valence-corrected chi connectivity index (χ1v) is 16.1. The van der Waals surface area contributed by atoms with Crippen LogP contribution in [0.3, 0.4) is 0 Å². The molecule has 3 atom stereocenters. The summed E-state index contributed by atoms with van der Waals surface area (Å²) in [6.45, 7) is 6.18. The van der Waals surface area contributed by atoms with Crippen LogP contribution in [0.15, 0.2) is 42.5 Å². The minimum atomic E-state index is -1.46. The Morgan fingerprint density at radius 2 is 1.84 bits per heavy atom. The van der Waals surface area contributed by atoms with Gasteiger partial charge in [0.2, 0.25) is 5.91 Å². The molecule has 3 aliphatic rings. The highest BCUT2D eigenvalue weighted by molar-refractivity contribution is 5.82. The number of nitrogens with zero attached hydrogens (tertiary/aromatic N) is 2. The van der Waals surface area contributed by atoms with Crippen molar-refractivity contribution in [3.63, 3.8) is 0 Å². The molecule has 0 saturated carbocycles. The van der Waals surface area contributed by atoms with Gasteiger partial charge in [0, 0.05) is 37.2 Å². The molecule has 43 heavy (non-hydrogen) atoms. The molecule has 8 nitrogen and oxygen atoms in total. The normalized spacial score (nSPS) is 23.2. The molecule has 0 aromatic heterocycles. The lowest BCUT2D eigenvalue weighted by atomic mass is 9.72. The molecule has 0 spiro atoms. The molecular weight excluding hydrogens is 547 g/mol. The summed E-state index contributed by atoms with van der Waals surface area (Å²) in [5.41, 5.74) is 1.21. The third-order valence-corrected chi connectivity index (χ3v) is 9.88. The number of halogens is 1. The quantitative estimate of drug-likeness (QED) is 0.296.